The summed E-state index contributed by atoms with van der Waals surface area (Å²) in [7, 11) is 0. The highest BCUT2D eigenvalue weighted by Gasteiger charge is 2.02. The third-order valence-electron chi connectivity index (χ3n) is 3.87. The van der Waals surface area contributed by atoms with Crippen LogP contribution in [-0.4, -0.2) is 19.2 Å². The Hall–Kier alpha value is -2.30. The van der Waals surface area contributed by atoms with Crippen LogP contribution in [0.1, 0.15) is 45.4 Å². The lowest BCUT2D eigenvalue weighted by molar-refractivity contribution is 0.181. The zero-order chi connectivity index (χ0) is 17.2. The molecule has 0 fully saturated rings. The summed E-state index contributed by atoms with van der Waals surface area (Å²) in [5.41, 5.74) is 0.189. The van der Waals surface area contributed by atoms with E-state index in [2.05, 4.69) is 0 Å². The van der Waals surface area contributed by atoms with Crippen LogP contribution in [-0.2, 0) is 9.53 Å². The SMILES string of the molecule is CC(CCCCCCCOc1ccc2ccc(=O)oc2c1)O[C]=O. The quantitative estimate of drug-likeness (QED) is 0.460. The van der Waals surface area contributed by atoms with Crippen molar-refractivity contribution in [2.24, 2.45) is 0 Å². The number of unbranched alkanes of at least 4 members (excludes halogenated alkanes) is 4. The van der Waals surface area contributed by atoms with Crippen molar-refractivity contribution in [2.75, 3.05) is 6.61 Å². The third-order valence-corrected chi connectivity index (χ3v) is 3.87. The minimum Gasteiger partial charge on any atom is -0.493 e. The fraction of sp³-hybridized carbons (Fsp3) is 0.474. The highest BCUT2D eigenvalue weighted by molar-refractivity contribution is 5.77. The molecule has 1 radical (unpaired) electrons. The molecule has 2 aromatic rings. The highest BCUT2D eigenvalue weighted by atomic mass is 16.5. The van der Waals surface area contributed by atoms with Crippen molar-refractivity contribution in [1.82, 2.24) is 0 Å². The van der Waals surface area contributed by atoms with Gasteiger partial charge in [-0.2, -0.15) is 0 Å². The molecule has 5 heteroatoms. The summed E-state index contributed by atoms with van der Waals surface area (Å²) in [6.45, 7) is 4.00. The van der Waals surface area contributed by atoms with Crippen LogP contribution in [0.4, 0.5) is 0 Å². The molecule has 1 unspecified atom stereocenters. The molecule has 1 aromatic carbocycles. The first kappa shape index (κ1) is 18.0. The highest BCUT2D eigenvalue weighted by Crippen LogP contribution is 2.19. The molecule has 0 aliphatic heterocycles. The van der Waals surface area contributed by atoms with Crippen molar-refractivity contribution in [3.8, 4) is 5.75 Å². The molecule has 129 valence electrons. The lowest BCUT2D eigenvalue weighted by Gasteiger charge is -2.08. The zero-order valence-corrected chi connectivity index (χ0v) is 14.0. The van der Waals surface area contributed by atoms with Crippen molar-refractivity contribution in [3.63, 3.8) is 0 Å². The maximum atomic E-state index is 11.2. The minimum atomic E-state index is -0.356. The molecule has 0 amide bonds. The molecule has 0 saturated carbocycles. The summed E-state index contributed by atoms with van der Waals surface area (Å²) in [5, 5.41) is 0.882. The van der Waals surface area contributed by atoms with Gasteiger partial charge in [0.25, 0.3) is 0 Å². The van der Waals surface area contributed by atoms with Crippen LogP contribution in [0.5, 0.6) is 5.75 Å². The van der Waals surface area contributed by atoms with Gasteiger partial charge in [0.1, 0.15) is 11.3 Å². The number of fused-ring (bicyclic) bond motifs is 1. The van der Waals surface area contributed by atoms with E-state index < -0.39 is 0 Å². The van der Waals surface area contributed by atoms with E-state index in [9.17, 15) is 9.59 Å². The van der Waals surface area contributed by atoms with Gasteiger partial charge in [-0.05, 0) is 44.4 Å². The molecule has 0 N–H and O–H groups in total. The molecule has 2 rings (SSSR count). The maximum absolute atomic E-state index is 11.2. The van der Waals surface area contributed by atoms with Crippen molar-refractivity contribution < 1.29 is 18.7 Å². The Balaban J connectivity index is 1.61. The molecule has 0 aliphatic rings. The second kappa shape index (κ2) is 9.75. The van der Waals surface area contributed by atoms with Crippen LogP contribution in [0.25, 0.3) is 11.0 Å². The Morgan fingerprint density at radius 1 is 1.08 bits per heavy atom. The van der Waals surface area contributed by atoms with E-state index in [1.54, 1.807) is 12.1 Å². The summed E-state index contributed by atoms with van der Waals surface area (Å²) in [6.07, 6.45) is 6.21. The van der Waals surface area contributed by atoms with Crippen molar-refractivity contribution in [2.45, 2.75) is 51.6 Å². The number of hydrogen-bond donors (Lipinski definition) is 0. The molecular formula is C19H23O5. The average Bonchev–Trinajstić information content (AvgIpc) is 2.57. The van der Waals surface area contributed by atoms with Gasteiger partial charge in [-0.3, -0.25) is 0 Å². The van der Waals surface area contributed by atoms with Gasteiger partial charge >= 0.3 is 12.1 Å². The summed E-state index contributed by atoms with van der Waals surface area (Å²) in [4.78, 5) is 21.3. The molecule has 24 heavy (non-hydrogen) atoms. The van der Waals surface area contributed by atoms with Gasteiger partial charge in [-0.25, -0.2) is 9.59 Å². The van der Waals surface area contributed by atoms with E-state index in [4.69, 9.17) is 13.9 Å². The number of benzene rings is 1. The predicted octanol–water partition coefficient (Wildman–Crippen LogP) is 3.98. The second-order valence-corrected chi connectivity index (χ2v) is 5.87. The first-order valence-corrected chi connectivity index (χ1v) is 8.38. The Morgan fingerprint density at radius 2 is 1.83 bits per heavy atom. The average molecular weight is 331 g/mol. The van der Waals surface area contributed by atoms with Gasteiger partial charge in [0.2, 0.25) is 0 Å². The fourth-order valence-corrected chi connectivity index (χ4v) is 2.53. The monoisotopic (exact) mass is 331 g/mol. The first-order chi connectivity index (χ1) is 11.7. The molecule has 1 aromatic heterocycles. The number of hydrogen-bond acceptors (Lipinski definition) is 5. The van der Waals surface area contributed by atoms with Crippen LogP contribution < -0.4 is 10.4 Å². The second-order valence-electron chi connectivity index (χ2n) is 5.87. The molecule has 0 aliphatic carbocycles. The smallest absolute Gasteiger partial charge is 0.417 e. The van der Waals surface area contributed by atoms with Gasteiger partial charge in [-0.1, -0.05) is 19.3 Å². The molecule has 1 atom stereocenters. The molecule has 0 bridgehead atoms. The minimum absolute atomic E-state index is 0.0428. The Morgan fingerprint density at radius 3 is 2.67 bits per heavy atom. The molecule has 1 heterocycles. The lowest BCUT2D eigenvalue weighted by atomic mass is 10.1. The van der Waals surface area contributed by atoms with Crippen LogP contribution in [0.15, 0.2) is 39.5 Å². The van der Waals surface area contributed by atoms with Crippen LogP contribution in [0.2, 0.25) is 0 Å². The molecule has 0 saturated heterocycles. The van der Waals surface area contributed by atoms with Crippen molar-refractivity contribution >= 4 is 17.4 Å². The third kappa shape index (κ3) is 6.07. The van der Waals surface area contributed by atoms with E-state index in [0.29, 0.717) is 17.9 Å². The lowest BCUT2D eigenvalue weighted by Crippen LogP contribution is -2.06. The molecule has 0 spiro atoms. The van der Waals surface area contributed by atoms with Gasteiger partial charge in [0, 0.05) is 17.5 Å². The summed E-state index contributed by atoms with van der Waals surface area (Å²) >= 11 is 0. The number of ether oxygens (including phenoxy) is 2. The van der Waals surface area contributed by atoms with E-state index in [1.165, 1.54) is 12.5 Å². The predicted molar refractivity (Wildman–Crippen MR) is 91.9 cm³/mol. The fourth-order valence-electron chi connectivity index (χ4n) is 2.53. The van der Waals surface area contributed by atoms with Gasteiger partial charge in [0.05, 0.1) is 12.7 Å². The van der Waals surface area contributed by atoms with Gasteiger partial charge in [0.15, 0.2) is 0 Å². The zero-order valence-electron chi connectivity index (χ0n) is 14.0. The topological polar surface area (TPSA) is 65.7 Å². The van der Waals surface area contributed by atoms with Gasteiger partial charge in [-0.15, -0.1) is 0 Å². The number of rotatable bonds is 11. The van der Waals surface area contributed by atoms with E-state index >= 15 is 0 Å². The van der Waals surface area contributed by atoms with E-state index in [-0.39, 0.29) is 11.7 Å². The normalized spacial score (nSPS) is 12.0. The maximum Gasteiger partial charge on any atom is 0.417 e. The number of carbonyl (C=O) groups excluding carboxylic acids is 1. The van der Waals surface area contributed by atoms with Gasteiger partial charge < -0.3 is 13.9 Å². The van der Waals surface area contributed by atoms with E-state index in [1.807, 2.05) is 19.1 Å². The van der Waals surface area contributed by atoms with Crippen LogP contribution in [0, 0.1) is 0 Å². The Kier molecular flexibility index (Phi) is 7.33. The summed E-state index contributed by atoms with van der Waals surface area (Å²) < 4.78 is 15.6. The molecular weight excluding hydrogens is 308 g/mol. The standard InChI is InChI=1S/C19H23O5/c1-15(23-14-20)7-5-3-2-4-6-12-22-17-10-8-16-9-11-19(21)24-18(16)13-17/h8-11,13,15H,2-7,12H2,1H3. The first-order valence-electron chi connectivity index (χ1n) is 8.38. The van der Waals surface area contributed by atoms with Crippen molar-refractivity contribution in [3.05, 3.63) is 40.8 Å². The van der Waals surface area contributed by atoms with E-state index in [0.717, 1.165) is 43.9 Å². The summed E-state index contributed by atoms with van der Waals surface area (Å²) in [5.74, 6) is 0.716. The molecule has 5 nitrogen and oxygen atoms in total. The van der Waals surface area contributed by atoms with Crippen molar-refractivity contribution in [1.29, 1.82) is 0 Å². The Labute approximate surface area is 141 Å². The Bertz CT molecular complexity index is 691. The van der Waals surface area contributed by atoms with Crippen LogP contribution >= 0.6 is 0 Å². The summed E-state index contributed by atoms with van der Waals surface area (Å²) in [6, 6.07) is 8.67. The van der Waals surface area contributed by atoms with Crippen LogP contribution in [0.3, 0.4) is 0 Å². The largest absolute Gasteiger partial charge is 0.493 e.